The Bertz CT molecular complexity index is 1180. The van der Waals surface area contributed by atoms with Crippen LogP contribution in [0.4, 0.5) is 10.1 Å². The predicted octanol–water partition coefficient (Wildman–Crippen LogP) is 6.12. The Balaban J connectivity index is 1.65. The molecule has 1 aliphatic heterocycles. The minimum atomic E-state index is -0.464. The first-order valence-electron chi connectivity index (χ1n) is 12.6. The quantitative estimate of drug-likeness (QED) is 0.549. The van der Waals surface area contributed by atoms with Gasteiger partial charge in [-0.3, -0.25) is 9.59 Å². The zero-order chi connectivity index (χ0) is 25.9. The fraction of sp³-hybridized carbons (Fsp3) is 0.400. The van der Waals surface area contributed by atoms with Gasteiger partial charge in [0.1, 0.15) is 11.6 Å². The summed E-state index contributed by atoms with van der Waals surface area (Å²) in [6.45, 7) is 6.95. The number of carbonyl (C=O) groups excluding carboxylic acids is 2. The molecule has 1 saturated heterocycles. The van der Waals surface area contributed by atoms with Crippen molar-refractivity contribution in [1.82, 2.24) is 4.90 Å². The number of nitrogens with zero attached hydrogens (tertiary/aromatic N) is 1. The van der Waals surface area contributed by atoms with Crippen molar-refractivity contribution >= 4 is 17.5 Å². The van der Waals surface area contributed by atoms with E-state index in [4.69, 9.17) is 4.74 Å². The average molecular weight is 491 g/mol. The van der Waals surface area contributed by atoms with Gasteiger partial charge in [-0.05, 0) is 54.5 Å². The molecule has 1 N–H and O–H groups in total. The zero-order valence-electron chi connectivity index (χ0n) is 21.5. The SMILES string of the molecule is COc1cc(F)ccc1C(=O)N1CCC[C@H](C(=O)Nc2cccc(C(C)(C)C)c2)[C@@H]1C1C=CC=CC1. The second kappa shape index (κ2) is 10.7. The summed E-state index contributed by atoms with van der Waals surface area (Å²) < 4.78 is 19.1. The molecular weight excluding hydrogens is 455 g/mol. The summed E-state index contributed by atoms with van der Waals surface area (Å²) in [6.07, 6.45) is 10.3. The zero-order valence-corrected chi connectivity index (χ0v) is 21.5. The maximum absolute atomic E-state index is 13.8. The van der Waals surface area contributed by atoms with Gasteiger partial charge in [-0.2, -0.15) is 0 Å². The Labute approximate surface area is 213 Å². The highest BCUT2D eigenvalue weighted by atomic mass is 19.1. The van der Waals surface area contributed by atoms with Gasteiger partial charge in [-0.1, -0.05) is 57.2 Å². The summed E-state index contributed by atoms with van der Waals surface area (Å²) in [6, 6.07) is 11.6. The van der Waals surface area contributed by atoms with E-state index >= 15 is 0 Å². The number of anilines is 1. The number of piperidine rings is 1. The number of rotatable bonds is 5. The molecule has 4 rings (SSSR count). The standard InChI is InChI=1S/C30H35FN2O3/c1-30(2,3)21-12-8-13-23(18-21)32-28(34)25-14-9-17-33(27(25)20-10-6-5-7-11-20)29(35)24-16-15-22(31)19-26(24)36-4/h5-8,10,12-13,15-16,18-20,25,27H,9,11,14,17H2,1-4H3,(H,32,34)/t20?,25-,27-/m0/s1. The monoisotopic (exact) mass is 490 g/mol. The number of likely N-dealkylation sites (tertiary alicyclic amines) is 1. The Kier molecular flexibility index (Phi) is 7.62. The second-order valence-electron chi connectivity index (χ2n) is 10.6. The van der Waals surface area contributed by atoms with E-state index in [1.807, 2.05) is 30.4 Å². The predicted molar refractivity (Wildman–Crippen MR) is 141 cm³/mol. The lowest BCUT2D eigenvalue weighted by Gasteiger charge is -2.44. The first-order valence-corrected chi connectivity index (χ1v) is 12.6. The molecule has 5 nitrogen and oxygen atoms in total. The summed E-state index contributed by atoms with van der Waals surface area (Å²) in [5.74, 6) is -0.974. The maximum atomic E-state index is 13.8. The van der Waals surface area contributed by atoms with Gasteiger partial charge in [0.05, 0.1) is 24.6 Å². The van der Waals surface area contributed by atoms with E-state index in [0.717, 1.165) is 17.7 Å². The van der Waals surface area contributed by atoms with Crippen LogP contribution in [0.3, 0.4) is 0 Å². The van der Waals surface area contributed by atoms with Crippen molar-refractivity contribution in [1.29, 1.82) is 0 Å². The molecule has 0 saturated carbocycles. The van der Waals surface area contributed by atoms with Crippen molar-refractivity contribution < 1.29 is 18.7 Å². The summed E-state index contributed by atoms with van der Waals surface area (Å²) in [5, 5.41) is 3.13. The van der Waals surface area contributed by atoms with Crippen LogP contribution in [0.5, 0.6) is 5.75 Å². The minimum Gasteiger partial charge on any atom is -0.496 e. The van der Waals surface area contributed by atoms with Crippen LogP contribution in [0.15, 0.2) is 66.8 Å². The number of allylic oxidation sites excluding steroid dienone is 3. The molecule has 0 bridgehead atoms. The lowest BCUT2D eigenvalue weighted by molar-refractivity contribution is -0.123. The van der Waals surface area contributed by atoms with Gasteiger partial charge >= 0.3 is 0 Å². The van der Waals surface area contributed by atoms with Crippen molar-refractivity contribution in [2.75, 3.05) is 19.0 Å². The first-order chi connectivity index (χ1) is 17.2. The molecule has 0 radical (unpaired) electrons. The molecule has 2 aromatic carbocycles. The third-order valence-corrected chi connectivity index (χ3v) is 7.13. The minimum absolute atomic E-state index is 0.00218. The molecule has 2 amide bonds. The van der Waals surface area contributed by atoms with Crippen LogP contribution in [0.25, 0.3) is 0 Å². The van der Waals surface area contributed by atoms with Gasteiger partial charge in [0.2, 0.25) is 5.91 Å². The average Bonchev–Trinajstić information content (AvgIpc) is 2.88. The number of nitrogens with one attached hydrogen (secondary N) is 1. The molecule has 36 heavy (non-hydrogen) atoms. The number of methoxy groups -OCH3 is 1. The fourth-order valence-electron chi connectivity index (χ4n) is 5.22. The Morgan fingerprint density at radius 2 is 1.92 bits per heavy atom. The van der Waals surface area contributed by atoms with Gasteiger partial charge in [0.15, 0.2) is 0 Å². The molecule has 190 valence electrons. The van der Waals surface area contributed by atoms with Crippen LogP contribution in [0, 0.1) is 17.7 Å². The molecule has 0 aromatic heterocycles. The molecule has 6 heteroatoms. The van der Waals surface area contributed by atoms with Crippen molar-refractivity contribution in [2.45, 2.75) is 51.5 Å². The summed E-state index contributed by atoms with van der Waals surface area (Å²) in [4.78, 5) is 29.3. The highest BCUT2D eigenvalue weighted by Gasteiger charge is 2.42. The lowest BCUT2D eigenvalue weighted by atomic mass is 9.77. The fourth-order valence-corrected chi connectivity index (χ4v) is 5.22. The normalized spacial score (nSPS) is 21.8. The number of hydrogen-bond acceptors (Lipinski definition) is 3. The van der Waals surface area contributed by atoms with Gasteiger partial charge in [-0.25, -0.2) is 4.39 Å². The molecule has 2 aliphatic rings. The highest BCUT2D eigenvalue weighted by Crippen LogP contribution is 2.36. The smallest absolute Gasteiger partial charge is 0.257 e. The summed E-state index contributed by atoms with van der Waals surface area (Å²) in [5.41, 5.74) is 2.17. The Hall–Kier alpha value is -3.41. The first kappa shape index (κ1) is 25.7. The van der Waals surface area contributed by atoms with E-state index in [-0.39, 0.29) is 40.9 Å². The van der Waals surface area contributed by atoms with Gasteiger partial charge in [0, 0.05) is 24.2 Å². The van der Waals surface area contributed by atoms with Crippen LogP contribution < -0.4 is 10.1 Å². The van der Waals surface area contributed by atoms with E-state index in [1.165, 1.54) is 25.3 Å². The molecule has 1 aliphatic carbocycles. The number of halogens is 1. The third-order valence-electron chi connectivity index (χ3n) is 7.13. The van der Waals surface area contributed by atoms with E-state index in [2.05, 4.69) is 44.3 Å². The lowest BCUT2D eigenvalue weighted by Crippen LogP contribution is -2.55. The number of amides is 2. The molecule has 1 heterocycles. The van der Waals surface area contributed by atoms with E-state index in [1.54, 1.807) is 4.90 Å². The van der Waals surface area contributed by atoms with Crippen molar-refractivity contribution in [3.63, 3.8) is 0 Å². The number of benzene rings is 2. The summed E-state index contributed by atoms with van der Waals surface area (Å²) >= 11 is 0. The van der Waals surface area contributed by atoms with Crippen LogP contribution in [-0.4, -0.2) is 36.4 Å². The number of hydrogen-bond donors (Lipinski definition) is 1. The molecular formula is C30H35FN2O3. The third kappa shape index (κ3) is 5.53. The number of ether oxygens (including phenoxy) is 1. The van der Waals surface area contributed by atoms with Crippen molar-refractivity contribution in [3.05, 3.63) is 83.7 Å². The Morgan fingerprint density at radius 1 is 1.11 bits per heavy atom. The van der Waals surface area contributed by atoms with Crippen LogP contribution in [0.1, 0.15) is 56.0 Å². The van der Waals surface area contributed by atoms with Crippen LogP contribution in [-0.2, 0) is 10.2 Å². The van der Waals surface area contributed by atoms with Crippen LogP contribution >= 0.6 is 0 Å². The van der Waals surface area contributed by atoms with E-state index in [0.29, 0.717) is 24.9 Å². The van der Waals surface area contributed by atoms with Gasteiger partial charge in [-0.15, -0.1) is 0 Å². The van der Waals surface area contributed by atoms with Crippen molar-refractivity contribution in [3.8, 4) is 5.75 Å². The Morgan fingerprint density at radius 3 is 2.61 bits per heavy atom. The van der Waals surface area contributed by atoms with Crippen LogP contribution in [0.2, 0.25) is 0 Å². The molecule has 2 aromatic rings. The van der Waals surface area contributed by atoms with Crippen molar-refractivity contribution in [2.24, 2.45) is 11.8 Å². The van der Waals surface area contributed by atoms with E-state index in [9.17, 15) is 14.0 Å². The molecule has 3 atom stereocenters. The molecule has 1 fully saturated rings. The number of carbonyl (C=O) groups is 2. The largest absolute Gasteiger partial charge is 0.496 e. The topological polar surface area (TPSA) is 58.6 Å². The molecule has 0 spiro atoms. The molecule has 1 unspecified atom stereocenters. The second-order valence-corrected chi connectivity index (χ2v) is 10.6. The van der Waals surface area contributed by atoms with Gasteiger partial charge in [0.25, 0.3) is 5.91 Å². The highest BCUT2D eigenvalue weighted by molar-refractivity contribution is 5.98. The maximum Gasteiger partial charge on any atom is 0.257 e. The van der Waals surface area contributed by atoms with Gasteiger partial charge < -0.3 is 15.0 Å². The summed E-state index contributed by atoms with van der Waals surface area (Å²) in [7, 11) is 1.43. The van der Waals surface area contributed by atoms with E-state index < -0.39 is 5.82 Å².